The van der Waals surface area contributed by atoms with Gasteiger partial charge in [0.2, 0.25) is 5.13 Å². The van der Waals surface area contributed by atoms with Crippen LogP contribution in [0.3, 0.4) is 0 Å². The molecule has 2 rings (SSSR count). The van der Waals surface area contributed by atoms with Crippen molar-refractivity contribution >= 4 is 38.8 Å². The van der Waals surface area contributed by atoms with E-state index in [4.69, 9.17) is 4.74 Å². The molecule has 21 heavy (non-hydrogen) atoms. The number of methoxy groups -OCH3 is 1. The molecule has 2 heterocycles. The number of hydrogen-bond donors (Lipinski definition) is 2. The van der Waals surface area contributed by atoms with Crippen molar-refractivity contribution in [3.63, 3.8) is 0 Å². The van der Waals surface area contributed by atoms with Crippen LogP contribution in [0.4, 0.5) is 10.3 Å². The highest BCUT2D eigenvalue weighted by Gasteiger charge is 2.13. The van der Waals surface area contributed by atoms with E-state index in [9.17, 15) is 4.79 Å². The lowest BCUT2D eigenvalue weighted by molar-refractivity contribution is 0.102. The fraction of sp³-hybridized carbons (Fsp3) is 0.500. The molecule has 0 fully saturated rings. The van der Waals surface area contributed by atoms with E-state index in [1.807, 2.05) is 0 Å². The van der Waals surface area contributed by atoms with Crippen LogP contribution in [0, 0.1) is 5.92 Å². The number of thiazole rings is 1. The van der Waals surface area contributed by atoms with E-state index < -0.39 is 0 Å². The topological polar surface area (TPSA) is 89.0 Å². The van der Waals surface area contributed by atoms with E-state index in [0.29, 0.717) is 28.4 Å². The molecule has 0 aliphatic heterocycles. The molecule has 2 aromatic rings. The Labute approximate surface area is 130 Å². The van der Waals surface area contributed by atoms with Gasteiger partial charge in [-0.25, -0.2) is 4.98 Å². The number of anilines is 2. The summed E-state index contributed by atoms with van der Waals surface area (Å²) in [5, 5.41) is 17.3. The normalized spacial score (nSPS) is 10.9. The van der Waals surface area contributed by atoms with Crippen LogP contribution in [-0.4, -0.2) is 34.7 Å². The van der Waals surface area contributed by atoms with E-state index in [0.717, 1.165) is 11.7 Å². The van der Waals surface area contributed by atoms with E-state index in [1.54, 1.807) is 12.5 Å². The summed E-state index contributed by atoms with van der Waals surface area (Å²) in [5.41, 5.74) is 0.370. The Kier molecular flexibility index (Phi) is 5.59. The minimum Gasteiger partial charge on any atom is -0.377 e. The molecule has 0 saturated heterocycles. The van der Waals surface area contributed by atoms with Crippen LogP contribution in [0.15, 0.2) is 5.38 Å². The van der Waals surface area contributed by atoms with Gasteiger partial charge in [-0.1, -0.05) is 25.2 Å². The average molecular weight is 327 g/mol. The van der Waals surface area contributed by atoms with Crippen LogP contribution < -0.4 is 10.6 Å². The number of nitrogens with zero attached hydrogens (tertiary/aromatic N) is 3. The third-order valence-corrected chi connectivity index (χ3v) is 3.97. The molecular formula is C12H17N5O2S2. The van der Waals surface area contributed by atoms with Crippen LogP contribution in [0.25, 0.3) is 0 Å². The molecule has 114 valence electrons. The Bertz CT molecular complexity index is 596. The van der Waals surface area contributed by atoms with Crippen molar-refractivity contribution in [2.75, 3.05) is 24.3 Å². The molecular weight excluding hydrogens is 310 g/mol. The van der Waals surface area contributed by atoms with E-state index in [1.165, 1.54) is 22.7 Å². The maximum atomic E-state index is 12.0. The number of ether oxygens (including phenoxy) is 1. The second-order valence-corrected chi connectivity index (χ2v) is 6.62. The highest BCUT2D eigenvalue weighted by atomic mass is 32.1. The standard InChI is InChI=1S/C12H17N5O2S2/c1-7(2)4-13-11-14-8(6-20-11)10(18)15-12-17-16-9(21-12)5-19-3/h6-7H,4-5H2,1-3H3,(H,13,14)(H,15,17,18). The number of carbonyl (C=O) groups excluding carboxylic acids is 1. The molecule has 0 radical (unpaired) electrons. The molecule has 9 heteroatoms. The molecule has 0 atom stereocenters. The summed E-state index contributed by atoms with van der Waals surface area (Å²) in [7, 11) is 1.58. The maximum Gasteiger partial charge on any atom is 0.277 e. The van der Waals surface area contributed by atoms with Gasteiger partial charge in [0.15, 0.2) is 5.13 Å². The average Bonchev–Trinajstić information content (AvgIpc) is 3.06. The van der Waals surface area contributed by atoms with E-state index >= 15 is 0 Å². The van der Waals surface area contributed by atoms with Crippen molar-refractivity contribution in [2.45, 2.75) is 20.5 Å². The molecule has 1 amide bonds. The molecule has 2 N–H and O–H groups in total. The Morgan fingerprint density at radius 3 is 2.90 bits per heavy atom. The monoisotopic (exact) mass is 327 g/mol. The van der Waals surface area contributed by atoms with Gasteiger partial charge in [0.1, 0.15) is 17.3 Å². The first-order chi connectivity index (χ1) is 10.1. The van der Waals surface area contributed by atoms with Crippen LogP contribution in [0.1, 0.15) is 29.3 Å². The summed E-state index contributed by atoms with van der Waals surface area (Å²) in [5.74, 6) is 0.232. The Morgan fingerprint density at radius 2 is 2.19 bits per heavy atom. The smallest absolute Gasteiger partial charge is 0.277 e. The predicted octanol–water partition coefficient (Wildman–Crippen LogP) is 2.46. The lowest BCUT2D eigenvalue weighted by atomic mass is 10.2. The van der Waals surface area contributed by atoms with Crippen LogP contribution in [0.5, 0.6) is 0 Å². The highest BCUT2D eigenvalue weighted by Crippen LogP contribution is 2.19. The molecule has 0 aliphatic carbocycles. The summed E-state index contributed by atoms with van der Waals surface area (Å²) in [4.78, 5) is 16.3. The first-order valence-electron chi connectivity index (χ1n) is 6.40. The van der Waals surface area contributed by atoms with Gasteiger partial charge in [-0.2, -0.15) is 0 Å². The summed E-state index contributed by atoms with van der Waals surface area (Å²) < 4.78 is 4.96. The minimum atomic E-state index is -0.288. The molecule has 7 nitrogen and oxygen atoms in total. The van der Waals surface area contributed by atoms with Crippen molar-refractivity contribution in [2.24, 2.45) is 5.92 Å². The molecule has 0 aromatic carbocycles. The summed E-state index contributed by atoms with van der Waals surface area (Å²) >= 11 is 2.69. The van der Waals surface area contributed by atoms with Gasteiger partial charge >= 0.3 is 0 Å². The zero-order valence-corrected chi connectivity index (χ0v) is 13.7. The minimum absolute atomic E-state index is 0.288. The molecule has 0 bridgehead atoms. The van der Waals surface area contributed by atoms with Crippen molar-refractivity contribution < 1.29 is 9.53 Å². The Morgan fingerprint density at radius 1 is 1.38 bits per heavy atom. The first-order valence-corrected chi connectivity index (χ1v) is 8.10. The number of carbonyl (C=O) groups is 1. The Balaban J connectivity index is 1.93. The highest BCUT2D eigenvalue weighted by molar-refractivity contribution is 7.15. The molecule has 0 saturated carbocycles. The van der Waals surface area contributed by atoms with Crippen LogP contribution >= 0.6 is 22.7 Å². The predicted molar refractivity (Wildman–Crippen MR) is 84.0 cm³/mol. The Hall–Kier alpha value is -1.58. The SMILES string of the molecule is COCc1nnc(NC(=O)c2csc(NCC(C)C)n2)s1. The number of rotatable bonds is 7. The van der Waals surface area contributed by atoms with E-state index in [2.05, 4.69) is 39.7 Å². The third-order valence-electron chi connectivity index (χ3n) is 2.35. The molecule has 0 spiro atoms. The van der Waals surface area contributed by atoms with Gasteiger partial charge in [0, 0.05) is 19.0 Å². The fourth-order valence-electron chi connectivity index (χ4n) is 1.40. The number of aromatic nitrogens is 3. The van der Waals surface area contributed by atoms with Crippen molar-refractivity contribution in [3.05, 3.63) is 16.1 Å². The lowest BCUT2D eigenvalue weighted by Gasteiger charge is -2.04. The first kappa shape index (κ1) is 15.8. The number of hydrogen-bond acceptors (Lipinski definition) is 8. The second-order valence-electron chi connectivity index (χ2n) is 4.70. The third kappa shape index (κ3) is 4.73. The summed E-state index contributed by atoms with van der Waals surface area (Å²) in [6.45, 7) is 5.43. The van der Waals surface area contributed by atoms with E-state index in [-0.39, 0.29) is 5.91 Å². The zero-order chi connectivity index (χ0) is 15.2. The van der Waals surface area contributed by atoms with Gasteiger partial charge in [-0.3, -0.25) is 10.1 Å². The molecule has 2 aromatic heterocycles. The van der Waals surface area contributed by atoms with Crippen molar-refractivity contribution in [3.8, 4) is 0 Å². The van der Waals surface area contributed by atoms with Crippen LogP contribution in [-0.2, 0) is 11.3 Å². The van der Waals surface area contributed by atoms with Crippen molar-refractivity contribution in [1.82, 2.24) is 15.2 Å². The number of nitrogens with one attached hydrogen (secondary N) is 2. The van der Waals surface area contributed by atoms with Gasteiger partial charge in [0.25, 0.3) is 5.91 Å². The quantitative estimate of drug-likeness (QED) is 0.812. The van der Waals surface area contributed by atoms with Crippen molar-refractivity contribution in [1.29, 1.82) is 0 Å². The zero-order valence-electron chi connectivity index (χ0n) is 12.0. The van der Waals surface area contributed by atoms with Gasteiger partial charge < -0.3 is 10.1 Å². The second kappa shape index (κ2) is 7.43. The lowest BCUT2D eigenvalue weighted by Crippen LogP contribution is -2.13. The van der Waals surface area contributed by atoms with Gasteiger partial charge in [0.05, 0.1) is 0 Å². The van der Waals surface area contributed by atoms with Gasteiger partial charge in [-0.15, -0.1) is 21.5 Å². The van der Waals surface area contributed by atoms with Gasteiger partial charge in [-0.05, 0) is 5.92 Å². The fourth-order valence-corrected chi connectivity index (χ4v) is 2.81. The summed E-state index contributed by atoms with van der Waals surface area (Å²) in [6.07, 6.45) is 0. The van der Waals surface area contributed by atoms with Crippen LogP contribution in [0.2, 0.25) is 0 Å². The molecule has 0 unspecified atom stereocenters. The summed E-state index contributed by atoms with van der Waals surface area (Å²) in [6, 6.07) is 0. The number of amides is 1. The molecule has 0 aliphatic rings. The largest absolute Gasteiger partial charge is 0.377 e. The maximum absolute atomic E-state index is 12.0.